The molecule has 20 heavy (non-hydrogen) atoms. The zero-order chi connectivity index (χ0) is 15.3. The fourth-order valence-electron chi connectivity index (χ4n) is 2.61. The van der Waals surface area contributed by atoms with Crippen LogP contribution < -0.4 is 0 Å². The number of likely N-dealkylation sites (tertiary alicyclic amines) is 1. The van der Waals surface area contributed by atoms with Crippen molar-refractivity contribution in [2.24, 2.45) is 5.92 Å². The maximum Gasteiger partial charge on any atom is 0.326 e. The van der Waals surface area contributed by atoms with Crippen molar-refractivity contribution >= 4 is 12.0 Å². The first kappa shape index (κ1) is 16.8. The number of carboxylic acids is 1. The zero-order valence-corrected chi connectivity index (χ0v) is 13.0. The van der Waals surface area contributed by atoms with E-state index < -0.39 is 12.0 Å². The molecule has 6 heteroatoms. The van der Waals surface area contributed by atoms with E-state index >= 15 is 0 Å². The van der Waals surface area contributed by atoms with E-state index in [-0.39, 0.29) is 11.9 Å². The second-order valence-corrected chi connectivity index (χ2v) is 5.82. The lowest BCUT2D eigenvalue weighted by atomic mass is 10.0. The summed E-state index contributed by atoms with van der Waals surface area (Å²) in [6, 6.07) is -0.813. The number of carbonyl (C=O) groups excluding carboxylic acids is 1. The highest BCUT2D eigenvalue weighted by molar-refractivity contribution is 5.83. The molecule has 0 aromatic carbocycles. The van der Waals surface area contributed by atoms with Gasteiger partial charge in [-0.25, -0.2) is 9.59 Å². The van der Waals surface area contributed by atoms with Gasteiger partial charge in [-0.3, -0.25) is 0 Å². The number of hydrogen-bond acceptors (Lipinski definition) is 3. The standard InChI is InChI=1S/C14H27N3O3/c1-5-7-16(10-9-15(3)4)14(20)17-8-6-11(2)12(17)13(18)19/h11-12H,5-10H2,1-4H3,(H,18,19). The summed E-state index contributed by atoms with van der Waals surface area (Å²) < 4.78 is 0. The van der Waals surface area contributed by atoms with Crippen molar-refractivity contribution in [3.05, 3.63) is 0 Å². The largest absolute Gasteiger partial charge is 0.480 e. The van der Waals surface area contributed by atoms with Crippen molar-refractivity contribution in [3.8, 4) is 0 Å². The van der Waals surface area contributed by atoms with E-state index in [4.69, 9.17) is 0 Å². The maximum atomic E-state index is 12.6. The van der Waals surface area contributed by atoms with Gasteiger partial charge < -0.3 is 19.8 Å². The molecular formula is C14H27N3O3. The first-order chi connectivity index (χ1) is 9.38. The Kier molecular flexibility index (Phi) is 6.26. The van der Waals surface area contributed by atoms with E-state index in [2.05, 4.69) is 0 Å². The second-order valence-electron chi connectivity index (χ2n) is 5.82. The third kappa shape index (κ3) is 4.10. The van der Waals surface area contributed by atoms with Crippen LogP contribution in [-0.2, 0) is 4.79 Å². The quantitative estimate of drug-likeness (QED) is 0.796. The van der Waals surface area contributed by atoms with Crippen LogP contribution in [0.15, 0.2) is 0 Å². The van der Waals surface area contributed by atoms with Gasteiger partial charge in [0.25, 0.3) is 0 Å². The maximum absolute atomic E-state index is 12.6. The Balaban J connectivity index is 2.75. The third-order valence-electron chi connectivity index (χ3n) is 3.78. The number of likely N-dealkylation sites (N-methyl/N-ethyl adjacent to an activating group) is 1. The van der Waals surface area contributed by atoms with Crippen molar-refractivity contribution < 1.29 is 14.7 Å². The van der Waals surface area contributed by atoms with Gasteiger partial charge in [-0.15, -0.1) is 0 Å². The minimum Gasteiger partial charge on any atom is -0.480 e. The van der Waals surface area contributed by atoms with Crippen molar-refractivity contribution in [1.29, 1.82) is 0 Å². The Hall–Kier alpha value is -1.30. The fraction of sp³-hybridized carbons (Fsp3) is 0.857. The van der Waals surface area contributed by atoms with Crippen molar-refractivity contribution in [2.45, 2.75) is 32.7 Å². The molecule has 1 fully saturated rings. The highest BCUT2D eigenvalue weighted by Gasteiger charge is 2.40. The van der Waals surface area contributed by atoms with Crippen LogP contribution in [0.5, 0.6) is 0 Å². The Bertz CT molecular complexity index is 347. The summed E-state index contributed by atoms with van der Waals surface area (Å²) in [7, 11) is 3.93. The zero-order valence-electron chi connectivity index (χ0n) is 13.0. The molecule has 1 aliphatic heterocycles. The third-order valence-corrected chi connectivity index (χ3v) is 3.78. The molecule has 6 nitrogen and oxygen atoms in total. The number of carboxylic acid groups (broad SMARTS) is 1. The molecule has 1 saturated heterocycles. The normalized spacial score (nSPS) is 22.4. The minimum absolute atomic E-state index is 0.0220. The van der Waals surface area contributed by atoms with E-state index in [1.807, 2.05) is 32.8 Å². The molecule has 1 N–H and O–H groups in total. The van der Waals surface area contributed by atoms with Gasteiger partial charge in [-0.1, -0.05) is 13.8 Å². The topological polar surface area (TPSA) is 64.1 Å². The number of aliphatic carboxylic acids is 1. The molecule has 1 heterocycles. The van der Waals surface area contributed by atoms with Crippen LogP contribution in [0.2, 0.25) is 0 Å². The van der Waals surface area contributed by atoms with Crippen LogP contribution in [0.25, 0.3) is 0 Å². The lowest BCUT2D eigenvalue weighted by Crippen LogP contribution is -2.50. The van der Waals surface area contributed by atoms with E-state index in [0.717, 1.165) is 19.4 Å². The van der Waals surface area contributed by atoms with Crippen LogP contribution in [0.1, 0.15) is 26.7 Å². The summed E-state index contributed by atoms with van der Waals surface area (Å²) in [5, 5.41) is 9.31. The number of hydrogen-bond donors (Lipinski definition) is 1. The number of urea groups is 1. The average molecular weight is 285 g/mol. The molecule has 2 amide bonds. The van der Waals surface area contributed by atoms with Crippen LogP contribution in [0.3, 0.4) is 0 Å². The summed E-state index contributed by atoms with van der Waals surface area (Å²) in [6.45, 7) is 6.56. The van der Waals surface area contributed by atoms with Gasteiger partial charge in [0.1, 0.15) is 6.04 Å². The molecule has 0 radical (unpaired) electrons. The molecule has 1 rings (SSSR count). The lowest BCUT2D eigenvalue weighted by Gasteiger charge is -2.31. The molecule has 2 unspecified atom stereocenters. The number of carbonyl (C=O) groups is 2. The van der Waals surface area contributed by atoms with Crippen molar-refractivity contribution in [2.75, 3.05) is 40.3 Å². The second kappa shape index (κ2) is 7.47. The smallest absolute Gasteiger partial charge is 0.326 e. The van der Waals surface area contributed by atoms with Gasteiger partial charge in [0.05, 0.1) is 0 Å². The van der Waals surface area contributed by atoms with Crippen LogP contribution in [-0.4, -0.2) is 78.1 Å². The molecule has 1 aliphatic rings. The SMILES string of the molecule is CCCN(CCN(C)C)C(=O)N1CCC(C)C1C(=O)O. The molecular weight excluding hydrogens is 258 g/mol. The average Bonchev–Trinajstić information content (AvgIpc) is 2.75. The molecule has 0 saturated carbocycles. The Morgan fingerprint density at radius 3 is 2.40 bits per heavy atom. The van der Waals surface area contributed by atoms with E-state index in [9.17, 15) is 14.7 Å². The van der Waals surface area contributed by atoms with Crippen molar-refractivity contribution in [1.82, 2.24) is 14.7 Å². The van der Waals surface area contributed by atoms with Gasteiger partial charge in [0.15, 0.2) is 0 Å². The van der Waals surface area contributed by atoms with E-state index in [1.54, 1.807) is 4.90 Å². The minimum atomic E-state index is -0.896. The predicted octanol–water partition coefficient (Wildman–Crippen LogP) is 1.18. The molecule has 0 aliphatic carbocycles. The highest BCUT2D eigenvalue weighted by atomic mass is 16.4. The number of amides is 2. The van der Waals surface area contributed by atoms with Gasteiger partial charge in [0, 0.05) is 26.2 Å². The number of rotatable bonds is 6. The lowest BCUT2D eigenvalue weighted by molar-refractivity contribution is -0.142. The molecule has 0 aromatic rings. The molecule has 0 aromatic heterocycles. The summed E-state index contributed by atoms with van der Waals surface area (Å²) in [5.41, 5.74) is 0. The van der Waals surface area contributed by atoms with Crippen molar-refractivity contribution in [3.63, 3.8) is 0 Å². The first-order valence-electron chi connectivity index (χ1n) is 7.31. The van der Waals surface area contributed by atoms with Gasteiger partial charge >= 0.3 is 12.0 Å². The molecule has 2 atom stereocenters. The summed E-state index contributed by atoms with van der Waals surface area (Å²) >= 11 is 0. The van der Waals surface area contributed by atoms with Crippen LogP contribution in [0.4, 0.5) is 4.79 Å². The van der Waals surface area contributed by atoms with Crippen LogP contribution >= 0.6 is 0 Å². The van der Waals surface area contributed by atoms with E-state index in [1.165, 1.54) is 4.90 Å². The number of nitrogens with zero attached hydrogens (tertiary/aromatic N) is 3. The predicted molar refractivity (Wildman–Crippen MR) is 77.7 cm³/mol. The molecule has 0 spiro atoms. The monoisotopic (exact) mass is 285 g/mol. The Labute approximate surface area is 121 Å². The summed E-state index contributed by atoms with van der Waals surface area (Å²) in [6.07, 6.45) is 1.64. The first-order valence-corrected chi connectivity index (χ1v) is 7.31. The van der Waals surface area contributed by atoms with Gasteiger partial charge in [-0.2, -0.15) is 0 Å². The summed E-state index contributed by atoms with van der Waals surface area (Å²) in [4.78, 5) is 29.3. The Morgan fingerprint density at radius 2 is 1.90 bits per heavy atom. The van der Waals surface area contributed by atoms with Crippen LogP contribution in [0, 0.1) is 5.92 Å². The van der Waals surface area contributed by atoms with Gasteiger partial charge in [0.2, 0.25) is 0 Å². The van der Waals surface area contributed by atoms with Gasteiger partial charge in [-0.05, 0) is 32.9 Å². The highest BCUT2D eigenvalue weighted by Crippen LogP contribution is 2.25. The molecule has 0 bridgehead atoms. The molecule has 116 valence electrons. The fourth-order valence-corrected chi connectivity index (χ4v) is 2.61. The van der Waals surface area contributed by atoms with E-state index in [0.29, 0.717) is 19.6 Å². The summed E-state index contributed by atoms with van der Waals surface area (Å²) in [5.74, 6) is -0.874. The Morgan fingerprint density at radius 1 is 1.25 bits per heavy atom.